The molecule has 3 aromatic carbocycles. The predicted molar refractivity (Wildman–Crippen MR) is 146 cm³/mol. The zero-order chi connectivity index (χ0) is 29.0. The van der Waals surface area contributed by atoms with Crippen LogP contribution in [0.4, 0.5) is 8.78 Å². The van der Waals surface area contributed by atoms with Crippen molar-refractivity contribution in [1.29, 1.82) is 0 Å². The predicted octanol–water partition coefficient (Wildman–Crippen LogP) is 5.20. The van der Waals surface area contributed by atoms with Crippen LogP contribution in [0.15, 0.2) is 72.9 Å². The lowest BCUT2D eigenvalue weighted by atomic mass is 9.88. The topological polar surface area (TPSA) is 103 Å². The first-order chi connectivity index (χ1) is 19.8. The molecule has 9 heteroatoms. The number of hydrogen-bond acceptors (Lipinski definition) is 7. The Labute approximate surface area is 234 Å². The molecule has 5 rings (SSSR count). The first-order valence-corrected chi connectivity index (χ1v) is 13.2. The van der Waals surface area contributed by atoms with E-state index in [0.29, 0.717) is 46.2 Å². The van der Waals surface area contributed by atoms with Gasteiger partial charge in [0.2, 0.25) is 0 Å². The molecular weight excluding hydrogens is 532 g/mol. The number of carbonyl (C=O) groups is 3. The van der Waals surface area contributed by atoms with Gasteiger partial charge in [0, 0.05) is 30.0 Å². The van der Waals surface area contributed by atoms with Crippen LogP contribution < -0.4 is 4.74 Å². The third kappa shape index (κ3) is 6.37. The van der Waals surface area contributed by atoms with Crippen LogP contribution in [-0.2, 0) is 27.2 Å². The number of aliphatic hydroxyl groups excluding tert-OH is 1. The van der Waals surface area contributed by atoms with Crippen LogP contribution in [0.2, 0.25) is 0 Å². The molecule has 4 aromatic rings. The molecule has 7 nitrogen and oxygen atoms in total. The van der Waals surface area contributed by atoms with Crippen molar-refractivity contribution in [3.8, 4) is 11.5 Å². The molecule has 1 aliphatic carbocycles. The van der Waals surface area contributed by atoms with Crippen LogP contribution in [0.25, 0.3) is 10.9 Å². The van der Waals surface area contributed by atoms with Gasteiger partial charge in [-0.1, -0.05) is 24.3 Å². The summed E-state index contributed by atoms with van der Waals surface area (Å²) in [6.45, 7) is -0.295. The summed E-state index contributed by atoms with van der Waals surface area (Å²) in [5, 5.41) is 9.36. The Morgan fingerprint density at radius 2 is 1.56 bits per heavy atom. The molecule has 1 aromatic heterocycles. The van der Waals surface area contributed by atoms with Gasteiger partial charge in [-0.25, -0.2) is 8.78 Å². The van der Waals surface area contributed by atoms with Gasteiger partial charge in [0.25, 0.3) is 0 Å². The van der Waals surface area contributed by atoms with Crippen molar-refractivity contribution in [2.45, 2.75) is 25.7 Å². The Balaban J connectivity index is 1.26. The number of fused-ring (bicyclic) bond motifs is 1. The SMILES string of the molecule is O=C(COCCO)c1ccc2c(Oc3ccc(CC(=O)C4(C(=O)Cc5ccc(F)cc5)CC4)cc3F)ccnc2c1. The van der Waals surface area contributed by atoms with E-state index in [-0.39, 0.29) is 55.8 Å². The maximum Gasteiger partial charge on any atom is 0.188 e. The molecule has 1 N–H and O–H groups in total. The number of rotatable bonds is 13. The van der Waals surface area contributed by atoms with Gasteiger partial charge in [-0.2, -0.15) is 0 Å². The van der Waals surface area contributed by atoms with Gasteiger partial charge in [0.15, 0.2) is 28.9 Å². The molecule has 0 radical (unpaired) electrons. The maximum absolute atomic E-state index is 15.1. The fourth-order valence-electron chi connectivity index (χ4n) is 4.70. The summed E-state index contributed by atoms with van der Waals surface area (Å²) in [5.41, 5.74) is 0.845. The number of benzene rings is 3. The second-order valence-electron chi connectivity index (χ2n) is 10.0. The summed E-state index contributed by atoms with van der Waals surface area (Å²) < 4.78 is 39.2. The highest BCUT2D eigenvalue weighted by Crippen LogP contribution is 2.49. The molecule has 0 unspecified atom stereocenters. The number of carbonyl (C=O) groups excluding carboxylic acids is 3. The third-order valence-electron chi connectivity index (χ3n) is 7.17. The number of nitrogens with zero attached hydrogens (tertiary/aromatic N) is 1. The van der Waals surface area contributed by atoms with Crippen molar-refractivity contribution in [3.63, 3.8) is 0 Å². The minimum atomic E-state index is -1.07. The molecule has 0 atom stereocenters. The van der Waals surface area contributed by atoms with Gasteiger partial charge in [-0.3, -0.25) is 19.4 Å². The minimum absolute atomic E-state index is 0.0419. The summed E-state index contributed by atoms with van der Waals surface area (Å²) in [7, 11) is 0. The average Bonchev–Trinajstić information content (AvgIpc) is 3.78. The molecule has 1 fully saturated rings. The van der Waals surface area contributed by atoms with Crippen molar-refractivity contribution < 1.29 is 37.7 Å². The smallest absolute Gasteiger partial charge is 0.188 e. The Bertz CT molecular complexity index is 1610. The largest absolute Gasteiger partial charge is 0.454 e. The molecule has 1 heterocycles. The second kappa shape index (κ2) is 12.0. The van der Waals surface area contributed by atoms with Crippen LogP contribution in [-0.4, -0.2) is 47.3 Å². The van der Waals surface area contributed by atoms with E-state index in [4.69, 9.17) is 14.6 Å². The molecule has 41 heavy (non-hydrogen) atoms. The van der Waals surface area contributed by atoms with Crippen LogP contribution in [0.1, 0.15) is 34.3 Å². The van der Waals surface area contributed by atoms with E-state index in [0.717, 1.165) is 0 Å². The molecule has 0 amide bonds. The number of aromatic nitrogens is 1. The molecular formula is C32H27F2NO6. The van der Waals surface area contributed by atoms with Crippen molar-refractivity contribution >= 4 is 28.3 Å². The van der Waals surface area contributed by atoms with E-state index >= 15 is 4.39 Å². The fourth-order valence-corrected chi connectivity index (χ4v) is 4.70. The summed E-state index contributed by atoms with van der Waals surface area (Å²) in [6, 6.07) is 16.3. The molecule has 210 valence electrons. The monoisotopic (exact) mass is 559 g/mol. The zero-order valence-electron chi connectivity index (χ0n) is 22.1. The fraction of sp³-hybridized carbons (Fsp3) is 0.250. The second-order valence-corrected chi connectivity index (χ2v) is 10.0. The molecule has 1 saturated carbocycles. The molecule has 0 saturated heterocycles. The van der Waals surface area contributed by atoms with Gasteiger partial charge >= 0.3 is 0 Å². The van der Waals surface area contributed by atoms with E-state index in [2.05, 4.69) is 4.98 Å². The van der Waals surface area contributed by atoms with E-state index in [9.17, 15) is 18.8 Å². The molecule has 0 bridgehead atoms. The highest BCUT2D eigenvalue weighted by molar-refractivity contribution is 6.11. The highest BCUT2D eigenvalue weighted by Gasteiger charge is 2.54. The number of ether oxygens (including phenoxy) is 2. The first kappa shape index (κ1) is 28.2. The number of hydrogen-bond donors (Lipinski definition) is 1. The van der Waals surface area contributed by atoms with Crippen molar-refractivity contribution in [2.75, 3.05) is 19.8 Å². The zero-order valence-corrected chi connectivity index (χ0v) is 22.1. The third-order valence-corrected chi connectivity index (χ3v) is 7.17. The summed E-state index contributed by atoms with van der Waals surface area (Å²) in [6.07, 6.45) is 2.34. The average molecular weight is 560 g/mol. The normalized spacial score (nSPS) is 13.6. The Morgan fingerprint density at radius 3 is 2.24 bits per heavy atom. The lowest BCUT2D eigenvalue weighted by Crippen LogP contribution is -2.28. The van der Waals surface area contributed by atoms with Crippen LogP contribution >= 0.6 is 0 Å². The highest BCUT2D eigenvalue weighted by atomic mass is 19.1. The van der Waals surface area contributed by atoms with Gasteiger partial charge in [0.05, 0.1) is 24.1 Å². The van der Waals surface area contributed by atoms with Gasteiger partial charge in [-0.15, -0.1) is 0 Å². The Hall–Kier alpha value is -4.34. The van der Waals surface area contributed by atoms with E-state index in [1.165, 1.54) is 42.6 Å². The molecule has 0 spiro atoms. The summed E-state index contributed by atoms with van der Waals surface area (Å²) in [5.74, 6) is -1.53. The Kier molecular flexibility index (Phi) is 8.28. The van der Waals surface area contributed by atoms with Crippen molar-refractivity contribution in [3.05, 3.63) is 101 Å². The maximum atomic E-state index is 15.1. The van der Waals surface area contributed by atoms with Crippen LogP contribution in [0.5, 0.6) is 11.5 Å². The van der Waals surface area contributed by atoms with E-state index in [1.807, 2.05) is 0 Å². The quantitative estimate of drug-likeness (QED) is 0.136. The number of halogens is 2. The van der Waals surface area contributed by atoms with E-state index < -0.39 is 17.0 Å². The number of pyridine rings is 1. The molecule has 1 aliphatic rings. The number of aliphatic hydroxyl groups is 1. The van der Waals surface area contributed by atoms with E-state index in [1.54, 1.807) is 30.3 Å². The lowest BCUT2D eigenvalue weighted by molar-refractivity contribution is -0.133. The Morgan fingerprint density at radius 1 is 0.854 bits per heavy atom. The van der Waals surface area contributed by atoms with Crippen molar-refractivity contribution in [2.24, 2.45) is 5.41 Å². The number of ketones is 3. The summed E-state index contributed by atoms with van der Waals surface area (Å²) >= 11 is 0. The first-order valence-electron chi connectivity index (χ1n) is 13.2. The molecule has 0 aliphatic heterocycles. The van der Waals surface area contributed by atoms with Gasteiger partial charge < -0.3 is 14.6 Å². The van der Waals surface area contributed by atoms with Gasteiger partial charge in [-0.05, 0) is 66.4 Å². The summed E-state index contributed by atoms with van der Waals surface area (Å²) in [4.78, 5) is 42.6. The standard InChI is InChI=1S/C32H27F2NO6/c33-23-5-1-20(2-6-23)16-30(38)32(10-11-32)31(39)17-21-3-8-29(25(34)15-21)41-28-9-12-35-26-18-22(4-7-24(26)28)27(37)19-40-14-13-36/h1-9,12,15,18,36H,10-11,13-14,16-17,19H2. The van der Waals surface area contributed by atoms with Crippen LogP contribution in [0, 0.1) is 17.0 Å². The van der Waals surface area contributed by atoms with Crippen molar-refractivity contribution in [1.82, 2.24) is 4.98 Å². The van der Waals surface area contributed by atoms with Gasteiger partial charge in [0.1, 0.15) is 18.2 Å². The number of Topliss-reactive ketones (excluding diaryl/α,β-unsaturated/α-hetero) is 3. The van der Waals surface area contributed by atoms with Crippen LogP contribution in [0.3, 0.4) is 0 Å². The lowest BCUT2D eigenvalue weighted by Gasteiger charge is -2.14. The minimum Gasteiger partial charge on any atom is -0.454 e.